The Morgan fingerprint density at radius 2 is 2.25 bits per heavy atom. The summed E-state index contributed by atoms with van der Waals surface area (Å²) in [5.41, 5.74) is -0.189. The maximum atomic E-state index is 12.2. The molecule has 1 fully saturated rings. The van der Waals surface area contributed by atoms with Crippen molar-refractivity contribution in [3.05, 3.63) is 12.3 Å². The Morgan fingerprint density at radius 3 is 2.81 bits per heavy atom. The Bertz CT molecular complexity index is 452. The summed E-state index contributed by atoms with van der Waals surface area (Å²) in [7, 11) is -3.41. The highest BCUT2D eigenvalue weighted by Crippen LogP contribution is 2.18. The minimum absolute atomic E-state index is 0.158. The average molecular weight is 244 g/mol. The van der Waals surface area contributed by atoms with Gasteiger partial charge in [0.25, 0.3) is 10.0 Å². The van der Waals surface area contributed by atoms with Crippen LogP contribution in [0.25, 0.3) is 0 Å². The van der Waals surface area contributed by atoms with Crippen LogP contribution in [0.4, 0.5) is 0 Å². The lowest BCUT2D eigenvalue weighted by Crippen LogP contribution is -2.58. The van der Waals surface area contributed by atoms with E-state index in [2.05, 4.69) is 15.5 Å². The standard InChI is InChI=1S/C9H16N4O2S/c1-9(2)7-13(6-5-10-9)16(14,15)8-3-4-11-12-8/h3-4,10H,5-7H2,1-2H3,(H,11,12). The molecule has 7 heteroatoms. The van der Waals surface area contributed by atoms with Crippen molar-refractivity contribution in [3.63, 3.8) is 0 Å². The van der Waals surface area contributed by atoms with Gasteiger partial charge in [-0.05, 0) is 19.9 Å². The number of nitrogens with one attached hydrogen (secondary N) is 2. The van der Waals surface area contributed by atoms with Crippen LogP contribution >= 0.6 is 0 Å². The zero-order valence-corrected chi connectivity index (χ0v) is 10.2. The predicted octanol–water partition coefficient (Wildman–Crippen LogP) is -0.218. The van der Waals surface area contributed by atoms with Crippen LogP contribution in [0.2, 0.25) is 0 Å². The van der Waals surface area contributed by atoms with Gasteiger partial charge in [0.15, 0.2) is 5.03 Å². The zero-order valence-electron chi connectivity index (χ0n) is 9.40. The van der Waals surface area contributed by atoms with Gasteiger partial charge in [0.2, 0.25) is 0 Å². The molecule has 0 aliphatic carbocycles. The maximum Gasteiger partial charge on any atom is 0.260 e. The van der Waals surface area contributed by atoms with E-state index in [9.17, 15) is 8.42 Å². The first-order chi connectivity index (χ1) is 7.42. The summed E-state index contributed by atoms with van der Waals surface area (Å²) in [5.74, 6) is 0. The summed E-state index contributed by atoms with van der Waals surface area (Å²) in [5, 5.41) is 9.61. The van der Waals surface area contributed by atoms with Crippen LogP contribution in [0.15, 0.2) is 17.3 Å². The number of piperazine rings is 1. The van der Waals surface area contributed by atoms with Gasteiger partial charge in [-0.25, -0.2) is 8.42 Å². The summed E-state index contributed by atoms with van der Waals surface area (Å²) in [4.78, 5) is 0. The highest BCUT2D eigenvalue weighted by molar-refractivity contribution is 7.89. The molecule has 2 N–H and O–H groups in total. The van der Waals surface area contributed by atoms with Gasteiger partial charge >= 0.3 is 0 Å². The van der Waals surface area contributed by atoms with Gasteiger partial charge < -0.3 is 5.32 Å². The van der Waals surface area contributed by atoms with Gasteiger partial charge in [-0.1, -0.05) is 0 Å². The highest BCUT2D eigenvalue weighted by Gasteiger charge is 2.34. The second-order valence-corrected chi connectivity index (χ2v) is 6.48. The highest BCUT2D eigenvalue weighted by atomic mass is 32.2. The van der Waals surface area contributed by atoms with E-state index in [1.54, 1.807) is 0 Å². The number of H-pyrrole nitrogens is 1. The third-order valence-electron chi connectivity index (χ3n) is 2.63. The van der Waals surface area contributed by atoms with Crippen molar-refractivity contribution >= 4 is 10.0 Å². The van der Waals surface area contributed by atoms with Gasteiger partial charge in [0.1, 0.15) is 0 Å². The van der Waals surface area contributed by atoms with Crippen LogP contribution in [-0.2, 0) is 10.0 Å². The van der Waals surface area contributed by atoms with Gasteiger partial charge in [-0.2, -0.15) is 9.40 Å². The van der Waals surface area contributed by atoms with Crippen molar-refractivity contribution in [1.82, 2.24) is 19.8 Å². The largest absolute Gasteiger partial charge is 0.309 e. The molecule has 1 aromatic heterocycles. The molecule has 90 valence electrons. The molecule has 16 heavy (non-hydrogen) atoms. The molecule has 0 unspecified atom stereocenters. The van der Waals surface area contributed by atoms with Gasteiger partial charge in [-0.15, -0.1) is 0 Å². The summed E-state index contributed by atoms with van der Waals surface area (Å²) in [6.07, 6.45) is 1.44. The molecular weight excluding hydrogens is 228 g/mol. The molecule has 0 amide bonds. The second-order valence-electron chi connectivity index (χ2n) is 4.57. The minimum Gasteiger partial charge on any atom is -0.309 e. The third-order valence-corrected chi connectivity index (χ3v) is 4.40. The van der Waals surface area contributed by atoms with E-state index in [-0.39, 0.29) is 10.6 Å². The van der Waals surface area contributed by atoms with Gasteiger partial charge in [-0.3, -0.25) is 5.10 Å². The van der Waals surface area contributed by atoms with Crippen molar-refractivity contribution in [2.75, 3.05) is 19.6 Å². The molecule has 2 rings (SSSR count). The molecule has 1 saturated heterocycles. The zero-order chi connectivity index (χ0) is 11.8. The molecule has 0 aromatic carbocycles. The van der Waals surface area contributed by atoms with Crippen molar-refractivity contribution in [2.24, 2.45) is 0 Å². The first kappa shape index (κ1) is 11.6. The van der Waals surface area contributed by atoms with E-state index >= 15 is 0 Å². The van der Waals surface area contributed by atoms with Crippen LogP contribution in [0.1, 0.15) is 13.8 Å². The normalized spacial score (nSPS) is 22.1. The molecular formula is C9H16N4O2S. The Hall–Kier alpha value is -0.920. The number of rotatable bonds is 2. The molecule has 0 saturated carbocycles. The molecule has 1 aliphatic rings. The number of sulfonamides is 1. The molecule has 1 aliphatic heterocycles. The van der Waals surface area contributed by atoms with Crippen LogP contribution in [-0.4, -0.2) is 48.1 Å². The quantitative estimate of drug-likeness (QED) is 0.754. The minimum atomic E-state index is -3.41. The third kappa shape index (κ3) is 2.11. The molecule has 2 heterocycles. The molecule has 0 bridgehead atoms. The SMILES string of the molecule is CC1(C)CN(S(=O)(=O)c2ccn[nH]2)CCN1. The Kier molecular flexibility index (Phi) is 2.77. The van der Waals surface area contributed by atoms with Crippen molar-refractivity contribution < 1.29 is 8.42 Å². The lowest BCUT2D eigenvalue weighted by atomic mass is 10.0. The van der Waals surface area contributed by atoms with Crippen molar-refractivity contribution in [2.45, 2.75) is 24.4 Å². The topological polar surface area (TPSA) is 78.1 Å². The number of hydrogen-bond donors (Lipinski definition) is 2. The van der Waals surface area contributed by atoms with Crippen LogP contribution in [0.5, 0.6) is 0 Å². The lowest BCUT2D eigenvalue weighted by molar-refractivity contribution is 0.233. The van der Waals surface area contributed by atoms with Crippen LogP contribution in [0.3, 0.4) is 0 Å². The van der Waals surface area contributed by atoms with E-state index in [4.69, 9.17) is 0 Å². The summed E-state index contributed by atoms with van der Waals surface area (Å²) in [6.45, 7) is 5.60. The van der Waals surface area contributed by atoms with E-state index in [1.807, 2.05) is 13.8 Å². The van der Waals surface area contributed by atoms with E-state index in [0.29, 0.717) is 19.6 Å². The Balaban J connectivity index is 2.25. The van der Waals surface area contributed by atoms with Crippen molar-refractivity contribution in [1.29, 1.82) is 0 Å². The van der Waals surface area contributed by atoms with Gasteiger partial charge in [0, 0.05) is 25.2 Å². The first-order valence-electron chi connectivity index (χ1n) is 5.16. The Labute approximate surface area is 95.1 Å². The van der Waals surface area contributed by atoms with Gasteiger partial charge in [0.05, 0.1) is 6.20 Å². The van der Waals surface area contributed by atoms with Crippen LogP contribution in [0, 0.1) is 0 Å². The molecule has 6 nitrogen and oxygen atoms in total. The molecule has 0 spiro atoms. The number of aromatic amines is 1. The molecule has 0 atom stereocenters. The molecule has 1 aromatic rings. The lowest BCUT2D eigenvalue weighted by Gasteiger charge is -2.37. The maximum absolute atomic E-state index is 12.2. The molecule has 0 radical (unpaired) electrons. The van der Waals surface area contributed by atoms with E-state index in [1.165, 1.54) is 16.6 Å². The Morgan fingerprint density at radius 1 is 1.50 bits per heavy atom. The predicted molar refractivity (Wildman–Crippen MR) is 59.4 cm³/mol. The fraction of sp³-hybridized carbons (Fsp3) is 0.667. The fourth-order valence-corrected chi connectivity index (χ4v) is 3.33. The van der Waals surface area contributed by atoms with Crippen LogP contribution < -0.4 is 5.32 Å². The summed E-state index contributed by atoms with van der Waals surface area (Å²) >= 11 is 0. The first-order valence-corrected chi connectivity index (χ1v) is 6.60. The fourth-order valence-electron chi connectivity index (χ4n) is 1.83. The van der Waals surface area contributed by atoms with E-state index < -0.39 is 10.0 Å². The second kappa shape index (κ2) is 3.83. The smallest absolute Gasteiger partial charge is 0.260 e. The number of nitrogens with zero attached hydrogens (tertiary/aromatic N) is 2. The van der Waals surface area contributed by atoms with Crippen molar-refractivity contribution in [3.8, 4) is 0 Å². The number of hydrogen-bond acceptors (Lipinski definition) is 4. The summed E-state index contributed by atoms with van der Waals surface area (Å²) in [6, 6.07) is 1.48. The summed E-state index contributed by atoms with van der Waals surface area (Å²) < 4.78 is 25.8. The van der Waals surface area contributed by atoms with E-state index in [0.717, 1.165) is 0 Å². The monoisotopic (exact) mass is 244 g/mol. The number of aromatic nitrogens is 2. The average Bonchev–Trinajstić information content (AvgIpc) is 2.69.